The summed E-state index contributed by atoms with van der Waals surface area (Å²) in [5, 5.41) is 26.0. The highest BCUT2D eigenvalue weighted by Gasteiger charge is 2.13. The van der Waals surface area contributed by atoms with Crippen LogP contribution in [0.4, 0.5) is 0 Å². The van der Waals surface area contributed by atoms with E-state index in [2.05, 4.69) is 18.7 Å². The molecule has 0 atom stereocenters. The standard InChI is InChI=1S/C11H14O.C9H8O4/c1-2-10-5-3-6-11(9-10)7-4-8-12;1-5-6(8(10)11)3-2-4-7(5)9(12)13/h2-3,5-6,9,12H,1,4,7-8H2;2-4H,1H3,(H,10,11)(H,12,13). The molecule has 3 N–H and O–H groups in total. The summed E-state index contributed by atoms with van der Waals surface area (Å²) in [6.07, 6.45) is 3.61. The summed E-state index contributed by atoms with van der Waals surface area (Å²) in [4.78, 5) is 21.2. The lowest BCUT2D eigenvalue weighted by Gasteiger charge is -2.03. The van der Waals surface area contributed by atoms with Gasteiger partial charge in [0.15, 0.2) is 0 Å². The lowest BCUT2D eigenvalue weighted by molar-refractivity contribution is 0.0696. The molecule has 0 aromatic heterocycles. The Morgan fingerprint density at radius 1 is 1.04 bits per heavy atom. The largest absolute Gasteiger partial charge is 0.478 e. The van der Waals surface area contributed by atoms with Crippen LogP contribution < -0.4 is 0 Å². The fourth-order valence-corrected chi connectivity index (χ4v) is 2.26. The Balaban J connectivity index is 0.000000251. The molecular weight excluding hydrogens is 320 g/mol. The zero-order valence-electron chi connectivity index (χ0n) is 14.1. The second-order valence-corrected chi connectivity index (χ2v) is 5.36. The molecule has 0 aliphatic heterocycles. The first-order valence-electron chi connectivity index (χ1n) is 7.79. The van der Waals surface area contributed by atoms with Crippen molar-refractivity contribution in [1.29, 1.82) is 0 Å². The van der Waals surface area contributed by atoms with Gasteiger partial charge in [-0.3, -0.25) is 0 Å². The van der Waals surface area contributed by atoms with Gasteiger partial charge in [-0.1, -0.05) is 43.0 Å². The van der Waals surface area contributed by atoms with E-state index in [1.807, 2.05) is 18.2 Å². The molecule has 0 saturated heterocycles. The predicted octanol–water partition coefficient (Wildman–Crippen LogP) is 3.65. The van der Waals surface area contributed by atoms with E-state index < -0.39 is 11.9 Å². The molecule has 2 aromatic carbocycles. The van der Waals surface area contributed by atoms with Crippen LogP contribution in [-0.4, -0.2) is 33.9 Å². The van der Waals surface area contributed by atoms with Gasteiger partial charge in [0, 0.05) is 6.61 Å². The minimum Gasteiger partial charge on any atom is -0.478 e. The van der Waals surface area contributed by atoms with Gasteiger partial charge in [-0.05, 0) is 48.6 Å². The molecule has 5 heteroatoms. The van der Waals surface area contributed by atoms with Gasteiger partial charge in [-0.15, -0.1) is 0 Å². The quantitative estimate of drug-likeness (QED) is 0.745. The summed E-state index contributed by atoms with van der Waals surface area (Å²) >= 11 is 0. The summed E-state index contributed by atoms with van der Waals surface area (Å²) in [5.74, 6) is -2.22. The first-order chi connectivity index (χ1) is 11.9. The van der Waals surface area contributed by atoms with Crippen molar-refractivity contribution in [2.75, 3.05) is 6.61 Å². The molecular formula is C20H22O5. The minimum atomic E-state index is -1.11. The molecule has 0 aliphatic rings. The maximum Gasteiger partial charge on any atom is 0.335 e. The van der Waals surface area contributed by atoms with E-state index in [0.717, 1.165) is 18.4 Å². The Labute approximate surface area is 146 Å². The smallest absolute Gasteiger partial charge is 0.335 e. The van der Waals surface area contributed by atoms with E-state index in [-0.39, 0.29) is 23.3 Å². The molecule has 0 fully saturated rings. The van der Waals surface area contributed by atoms with Crippen LogP contribution in [0, 0.1) is 6.92 Å². The van der Waals surface area contributed by atoms with Gasteiger partial charge >= 0.3 is 11.9 Å². The second kappa shape index (κ2) is 10.1. The number of hydrogen-bond acceptors (Lipinski definition) is 3. The van der Waals surface area contributed by atoms with Gasteiger partial charge < -0.3 is 15.3 Å². The number of aromatic carboxylic acids is 2. The van der Waals surface area contributed by atoms with Crippen LogP contribution >= 0.6 is 0 Å². The summed E-state index contributed by atoms with van der Waals surface area (Å²) < 4.78 is 0. The fourth-order valence-electron chi connectivity index (χ4n) is 2.26. The van der Waals surface area contributed by atoms with Gasteiger partial charge in [0.05, 0.1) is 11.1 Å². The number of aliphatic hydroxyl groups excluding tert-OH is 1. The first-order valence-corrected chi connectivity index (χ1v) is 7.79. The molecule has 2 rings (SSSR count). The number of benzene rings is 2. The number of carboxylic acids is 2. The number of carbonyl (C=O) groups is 2. The van der Waals surface area contributed by atoms with Gasteiger partial charge in [0.2, 0.25) is 0 Å². The van der Waals surface area contributed by atoms with Crippen molar-refractivity contribution in [3.8, 4) is 0 Å². The number of carboxylic acid groups (broad SMARTS) is 2. The van der Waals surface area contributed by atoms with E-state index in [4.69, 9.17) is 15.3 Å². The third-order valence-corrected chi connectivity index (χ3v) is 3.60. The summed E-state index contributed by atoms with van der Waals surface area (Å²) in [7, 11) is 0. The first kappa shape index (κ1) is 20.1. The van der Waals surface area contributed by atoms with Crippen LogP contribution in [0.5, 0.6) is 0 Å². The zero-order chi connectivity index (χ0) is 18.8. The van der Waals surface area contributed by atoms with E-state index in [1.54, 1.807) is 0 Å². The number of aryl methyl sites for hydroxylation is 1. The monoisotopic (exact) mass is 342 g/mol. The van der Waals surface area contributed by atoms with Crippen molar-refractivity contribution in [2.45, 2.75) is 19.8 Å². The molecule has 0 unspecified atom stereocenters. The Kier molecular flexibility index (Phi) is 8.09. The van der Waals surface area contributed by atoms with E-state index >= 15 is 0 Å². The Hall–Kier alpha value is -2.92. The Morgan fingerprint density at radius 2 is 1.60 bits per heavy atom. The highest BCUT2D eigenvalue weighted by atomic mass is 16.4. The fraction of sp³-hybridized carbons (Fsp3) is 0.200. The Bertz CT molecular complexity index is 717. The SMILES string of the molecule is C=Cc1cccc(CCCO)c1.Cc1c(C(=O)O)cccc1C(=O)O. The van der Waals surface area contributed by atoms with E-state index in [1.165, 1.54) is 30.7 Å². The van der Waals surface area contributed by atoms with Crippen LogP contribution in [-0.2, 0) is 6.42 Å². The molecule has 0 amide bonds. The number of rotatable bonds is 6. The number of hydrogen-bond donors (Lipinski definition) is 3. The minimum absolute atomic E-state index is 0.0277. The molecule has 5 nitrogen and oxygen atoms in total. The van der Waals surface area contributed by atoms with Crippen molar-refractivity contribution < 1.29 is 24.9 Å². The zero-order valence-corrected chi connectivity index (χ0v) is 14.1. The lowest BCUT2D eigenvalue weighted by Crippen LogP contribution is -2.06. The lowest BCUT2D eigenvalue weighted by atomic mass is 10.0. The van der Waals surface area contributed by atoms with Crippen LogP contribution in [0.1, 0.15) is 43.8 Å². The molecule has 0 saturated carbocycles. The molecule has 0 bridgehead atoms. The topological polar surface area (TPSA) is 94.8 Å². The van der Waals surface area contributed by atoms with Crippen LogP contribution in [0.3, 0.4) is 0 Å². The number of aliphatic hydroxyl groups is 1. The van der Waals surface area contributed by atoms with Crippen LogP contribution in [0.25, 0.3) is 6.08 Å². The molecule has 0 radical (unpaired) electrons. The molecule has 0 heterocycles. The van der Waals surface area contributed by atoms with Crippen molar-refractivity contribution in [3.63, 3.8) is 0 Å². The second-order valence-electron chi connectivity index (χ2n) is 5.36. The van der Waals surface area contributed by atoms with Crippen molar-refractivity contribution >= 4 is 18.0 Å². The van der Waals surface area contributed by atoms with Gasteiger partial charge in [-0.25, -0.2) is 9.59 Å². The maximum atomic E-state index is 10.6. The van der Waals surface area contributed by atoms with E-state index in [0.29, 0.717) is 0 Å². The van der Waals surface area contributed by atoms with Crippen LogP contribution in [0.2, 0.25) is 0 Å². The molecule has 132 valence electrons. The third-order valence-electron chi connectivity index (χ3n) is 3.60. The third kappa shape index (κ3) is 6.24. The predicted molar refractivity (Wildman–Crippen MR) is 97.0 cm³/mol. The molecule has 0 spiro atoms. The van der Waals surface area contributed by atoms with Crippen molar-refractivity contribution in [1.82, 2.24) is 0 Å². The summed E-state index contributed by atoms with van der Waals surface area (Å²) in [6.45, 7) is 5.44. The average molecular weight is 342 g/mol. The van der Waals surface area contributed by atoms with E-state index in [9.17, 15) is 9.59 Å². The molecule has 0 aliphatic carbocycles. The summed E-state index contributed by atoms with van der Waals surface area (Å²) in [6, 6.07) is 12.4. The maximum absolute atomic E-state index is 10.6. The highest BCUT2D eigenvalue weighted by molar-refractivity contribution is 5.96. The van der Waals surface area contributed by atoms with Gasteiger partial charge in [-0.2, -0.15) is 0 Å². The highest BCUT2D eigenvalue weighted by Crippen LogP contribution is 2.13. The normalized spacial score (nSPS) is 9.68. The summed E-state index contributed by atoms with van der Waals surface area (Å²) in [5.41, 5.74) is 2.74. The van der Waals surface area contributed by atoms with Crippen molar-refractivity contribution in [3.05, 3.63) is 76.9 Å². The molecule has 2 aromatic rings. The van der Waals surface area contributed by atoms with Gasteiger partial charge in [0.25, 0.3) is 0 Å². The molecule has 25 heavy (non-hydrogen) atoms. The Morgan fingerprint density at radius 3 is 2.08 bits per heavy atom. The van der Waals surface area contributed by atoms with Crippen molar-refractivity contribution in [2.24, 2.45) is 0 Å². The average Bonchev–Trinajstić information content (AvgIpc) is 2.60. The van der Waals surface area contributed by atoms with Gasteiger partial charge in [0.1, 0.15) is 0 Å². The van der Waals surface area contributed by atoms with Crippen LogP contribution in [0.15, 0.2) is 49.0 Å².